The monoisotopic (exact) mass is 296 g/mol. The molecule has 1 N–H and O–H groups in total. The Morgan fingerprint density at radius 3 is 1.95 bits per heavy atom. The summed E-state index contributed by atoms with van der Waals surface area (Å²) >= 11 is 0. The lowest BCUT2D eigenvalue weighted by Gasteiger charge is -2.33. The fraction of sp³-hybridized carbons (Fsp3) is 0.727. The first-order valence-electron chi connectivity index (χ1n) is 5.64. The largest absolute Gasteiger partial charge is 0.726 e. The number of carbonyl (C=O) groups excluding carboxylic acids is 1. The molecule has 0 aliphatic heterocycles. The Bertz CT molecular complexity index is 398. The van der Waals surface area contributed by atoms with E-state index in [4.69, 9.17) is 0 Å². The minimum atomic E-state index is -4.41. The van der Waals surface area contributed by atoms with Crippen LogP contribution in [0.15, 0.2) is 12.2 Å². The van der Waals surface area contributed by atoms with Crippen LogP contribution in [0.4, 0.5) is 0 Å². The van der Waals surface area contributed by atoms with E-state index in [-0.39, 0.29) is 12.1 Å². The van der Waals surface area contributed by atoms with Crippen molar-refractivity contribution >= 4 is 16.3 Å². The Labute approximate surface area is 115 Å². The second-order valence-corrected chi connectivity index (χ2v) is 6.02. The maximum Gasteiger partial charge on any atom is 0.250 e. The highest BCUT2D eigenvalue weighted by Crippen LogP contribution is 2.04. The van der Waals surface area contributed by atoms with E-state index in [1.54, 1.807) is 6.92 Å². The molecule has 0 aromatic rings. The molecule has 0 heterocycles. The normalized spacial score (nSPS) is 13.0. The van der Waals surface area contributed by atoms with Crippen molar-refractivity contribution in [1.29, 1.82) is 0 Å². The molecule has 0 aromatic carbocycles. The number of hydrogen-bond donors (Lipinski definition) is 1. The van der Waals surface area contributed by atoms with Gasteiger partial charge in [-0.2, -0.15) is 0 Å². The molecule has 0 aliphatic carbocycles. The lowest BCUT2D eigenvalue weighted by molar-refractivity contribution is -0.898. The number of amides is 1. The molecular formula is C11H24N2O5S. The smallest absolute Gasteiger partial charge is 0.250 e. The molecule has 19 heavy (non-hydrogen) atoms. The van der Waals surface area contributed by atoms with Crippen molar-refractivity contribution < 1.29 is 26.4 Å². The molecule has 1 unspecified atom stereocenters. The Kier molecular flexibility index (Phi) is 8.85. The Morgan fingerprint density at radius 2 is 1.79 bits per heavy atom. The maximum atomic E-state index is 11.3. The van der Waals surface area contributed by atoms with Crippen LogP contribution in [0.25, 0.3) is 0 Å². The topological polar surface area (TPSA) is 95.5 Å². The second kappa shape index (κ2) is 8.26. The van der Waals surface area contributed by atoms with Crippen LogP contribution in [-0.2, 0) is 19.4 Å². The number of rotatable bonds is 5. The van der Waals surface area contributed by atoms with Gasteiger partial charge in [0.1, 0.15) is 0 Å². The van der Waals surface area contributed by atoms with Crippen molar-refractivity contribution in [3.63, 3.8) is 0 Å². The Morgan fingerprint density at radius 1 is 1.42 bits per heavy atom. The molecule has 0 bridgehead atoms. The molecular weight excluding hydrogens is 272 g/mol. The molecule has 0 radical (unpaired) electrons. The Balaban J connectivity index is 0. The van der Waals surface area contributed by atoms with E-state index >= 15 is 0 Å². The molecule has 8 heteroatoms. The van der Waals surface area contributed by atoms with Gasteiger partial charge in [0, 0.05) is 12.0 Å². The lowest BCUT2D eigenvalue weighted by Crippen LogP contribution is -2.54. The number of carbonyl (C=O) groups is 1. The quantitative estimate of drug-likeness (QED) is 0.257. The van der Waals surface area contributed by atoms with E-state index < -0.39 is 10.4 Å². The SMILES string of the molecule is C=C(C)C(=O)NC(CC)[N+](C)(C)C.COS(=O)(=O)[O-]. The second-order valence-electron chi connectivity index (χ2n) is 4.87. The average molecular weight is 296 g/mol. The molecule has 0 aliphatic rings. The van der Waals surface area contributed by atoms with Gasteiger partial charge < -0.3 is 14.4 Å². The molecule has 1 amide bonds. The summed E-state index contributed by atoms with van der Waals surface area (Å²) in [6, 6.07) is 0. The van der Waals surface area contributed by atoms with E-state index in [2.05, 4.69) is 44.1 Å². The third-order valence-electron chi connectivity index (χ3n) is 2.21. The van der Waals surface area contributed by atoms with Crippen molar-refractivity contribution in [1.82, 2.24) is 5.32 Å². The van der Waals surface area contributed by atoms with Crippen LogP contribution in [0.2, 0.25) is 0 Å². The summed E-state index contributed by atoms with van der Waals surface area (Å²) in [5, 5.41) is 2.94. The molecule has 0 spiro atoms. The zero-order chi connectivity index (χ0) is 15.9. The van der Waals surface area contributed by atoms with Crippen LogP contribution in [0, 0.1) is 0 Å². The Hall–Kier alpha value is -0.960. The molecule has 1 atom stereocenters. The number of hydrogen-bond acceptors (Lipinski definition) is 5. The van der Waals surface area contributed by atoms with Crippen LogP contribution in [0.1, 0.15) is 20.3 Å². The van der Waals surface area contributed by atoms with Gasteiger partial charge in [0.2, 0.25) is 10.4 Å². The highest BCUT2D eigenvalue weighted by Gasteiger charge is 2.23. The number of nitrogens with one attached hydrogen (secondary N) is 1. The highest BCUT2D eigenvalue weighted by atomic mass is 32.3. The maximum absolute atomic E-state index is 11.3. The highest BCUT2D eigenvalue weighted by molar-refractivity contribution is 7.80. The van der Waals surface area contributed by atoms with Gasteiger partial charge in [-0.15, -0.1) is 0 Å². The van der Waals surface area contributed by atoms with Crippen molar-refractivity contribution in [3.05, 3.63) is 12.2 Å². The first-order chi connectivity index (χ1) is 8.35. The first-order valence-corrected chi connectivity index (χ1v) is 6.97. The van der Waals surface area contributed by atoms with Crippen LogP contribution in [0.5, 0.6) is 0 Å². The summed E-state index contributed by atoms with van der Waals surface area (Å²) in [6.07, 6.45) is 1.08. The van der Waals surface area contributed by atoms with Crippen LogP contribution in [-0.4, -0.2) is 57.8 Å². The predicted molar refractivity (Wildman–Crippen MR) is 71.8 cm³/mol. The van der Waals surface area contributed by atoms with Gasteiger partial charge in [-0.3, -0.25) is 8.98 Å². The molecule has 0 rings (SSSR count). The summed E-state index contributed by atoms with van der Waals surface area (Å²) in [4.78, 5) is 11.3. The summed E-state index contributed by atoms with van der Waals surface area (Å²) in [5.41, 5.74) is 0.562. The van der Waals surface area contributed by atoms with E-state index in [0.29, 0.717) is 5.57 Å². The zero-order valence-corrected chi connectivity index (χ0v) is 13.2. The predicted octanol–water partition coefficient (Wildman–Crippen LogP) is 0.214. The van der Waals surface area contributed by atoms with Crippen molar-refractivity contribution in [3.8, 4) is 0 Å². The average Bonchev–Trinajstić information content (AvgIpc) is 2.23. The van der Waals surface area contributed by atoms with Gasteiger partial charge in [0.15, 0.2) is 6.17 Å². The summed E-state index contributed by atoms with van der Waals surface area (Å²) in [6.45, 7) is 7.39. The van der Waals surface area contributed by atoms with Gasteiger partial charge in [-0.05, 0) is 6.92 Å². The van der Waals surface area contributed by atoms with E-state index in [1.807, 2.05) is 0 Å². The van der Waals surface area contributed by atoms with Crippen molar-refractivity contribution in [2.75, 3.05) is 28.3 Å². The standard InChI is InChI=1S/C10H20N2O.CH4O4S/c1-7-9(12(4,5)6)11-10(13)8(2)3;1-5-6(2,3)4/h9H,2,7H2,1,3-6H3;1H3,(H,2,3,4). The number of nitrogens with zero attached hydrogens (tertiary/aromatic N) is 1. The summed E-state index contributed by atoms with van der Waals surface area (Å²) in [5.74, 6) is -0.0556. The third kappa shape index (κ3) is 11.8. The van der Waals surface area contributed by atoms with E-state index in [0.717, 1.165) is 18.0 Å². The molecule has 0 saturated heterocycles. The van der Waals surface area contributed by atoms with Crippen LogP contribution in [0.3, 0.4) is 0 Å². The van der Waals surface area contributed by atoms with E-state index in [9.17, 15) is 17.8 Å². The number of quaternary nitrogens is 1. The van der Waals surface area contributed by atoms with Gasteiger partial charge in [-0.1, -0.05) is 13.5 Å². The minimum absolute atomic E-state index is 0.0556. The molecule has 0 aromatic heterocycles. The van der Waals surface area contributed by atoms with Crippen molar-refractivity contribution in [2.45, 2.75) is 26.4 Å². The van der Waals surface area contributed by atoms with Gasteiger partial charge >= 0.3 is 0 Å². The molecule has 7 nitrogen and oxygen atoms in total. The van der Waals surface area contributed by atoms with Crippen LogP contribution >= 0.6 is 0 Å². The fourth-order valence-corrected chi connectivity index (χ4v) is 1.12. The van der Waals surface area contributed by atoms with E-state index in [1.165, 1.54) is 0 Å². The lowest BCUT2D eigenvalue weighted by atomic mass is 10.2. The van der Waals surface area contributed by atoms with Crippen molar-refractivity contribution in [2.24, 2.45) is 0 Å². The minimum Gasteiger partial charge on any atom is -0.726 e. The van der Waals surface area contributed by atoms with Crippen LogP contribution < -0.4 is 5.32 Å². The van der Waals surface area contributed by atoms with Gasteiger partial charge in [0.25, 0.3) is 5.91 Å². The molecule has 0 saturated carbocycles. The first kappa shape index (κ1) is 20.4. The summed E-state index contributed by atoms with van der Waals surface area (Å²) in [7, 11) is 2.58. The van der Waals surface area contributed by atoms with Gasteiger partial charge in [0.05, 0.1) is 28.3 Å². The zero-order valence-electron chi connectivity index (χ0n) is 12.4. The van der Waals surface area contributed by atoms with Gasteiger partial charge in [-0.25, -0.2) is 8.42 Å². The fourth-order valence-electron chi connectivity index (χ4n) is 1.12. The summed E-state index contributed by atoms with van der Waals surface area (Å²) < 4.78 is 31.8. The third-order valence-corrected chi connectivity index (χ3v) is 2.62. The molecule has 0 fully saturated rings. The molecule has 114 valence electrons.